The normalized spacial score (nSPS) is 15.5. The molecule has 1 nitrogen and oxygen atoms in total. The molecule has 0 amide bonds. The molecular formula is C62H41NS. The number of fused-ring (bicyclic) bond motifs is 8. The van der Waals surface area contributed by atoms with Gasteiger partial charge < -0.3 is 4.90 Å². The zero-order chi connectivity index (χ0) is 42.1. The topological polar surface area (TPSA) is 3.24 Å². The number of thiophene rings is 1. The summed E-state index contributed by atoms with van der Waals surface area (Å²) in [6.45, 7) is 0. The van der Waals surface area contributed by atoms with Gasteiger partial charge in [-0.1, -0.05) is 194 Å². The molecule has 1 aromatic heterocycles. The Morgan fingerprint density at radius 2 is 0.906 bits per heavy atom. The van der Waals surface area contributed by atoms with E-state index in [2.05, 4.69) is 242 Å². The Kier molecular flexibility index (Phi) is 8.60. The van der Waals surface area contributed by atoms with Gasteiger partial charge in [0.2, 0.25) is 0 Å². The molecule has 1 aliphatic carbocycles. The highest BCUT2D eigenvalue weighted by Gasteiger charge is 2.38. The van der Waals surface area contributed by atoms with Crippen molar-refractivity contribution in [1.29, 1.82) is 0 Å². The summed E-state index contributed by atoms with van der Waals surface area (Å²) in [5.41, 5.74) is 16.4. The molecule has 0 bridgehead atoms. The summed E-state index contributed by atoms with van der Waals surface area (Å²) in [5, 5.41) is 7.70. The van der Waals surface area contributed by atoms with E-state index < -0.39 is 0 Å². The van der Waals surface area contributed by atoms with Gasteiger partial charge in [-0.2, -0.15) is 0 Å². The molecule has 0 fully saturated rings. The Labute approximate surface area is 377 Å². The lowest BCUT2D eigenvalue weighted by molar-refractivity contribution is 0.747. The number of rotatable bonds is 6. The van der Waals surface area contributed by atoms with Gasteiger partial charge in [0.15, 0.2) is 0 Å². The summed E-state index contributed by atoms with van der Waals surface area (Å²) < 4.78 is 2.64. The molecule has 0 saturated heterocycles. The van der Waals surface area contributed by atoms with E-state index in [-0.39, 0.29) is 12.0 Å². The molecule has 10 aromatic carbocycles. The van der Waals surface area contributed by atoms with Crippen LogP contribution in [0.15, 0.2) is 237 Å². The first-order valence-electron chi connectivity index (χ1n) is 22.2. The quantitative estimate of drug-likeness (QED) is 0.151. The number of nitrogens with zero attached hydrogens (tertiary/aromatic N) is 1. The van der Waals surface area contributed by atoms with Gasteiger partial charge in [0.05, 0.1) is 6.04 Å². The zero-order valence-electron chi connectivity index (χ0n) is 35.0. The fourth-order valence-electron chi connectivity index (χ4n) is 10.7. The maximum atomic E-state index is 2.58. The van der Waals surface area contributed by atoms with Crippen molar-refractivity contribution in [3.05, 3.63) is 248 Å². The third kappa shape index (κ3) is 5.91. The molecule has 64 heavy (non-hydrogen) atoms. The third-order valence-electron chi connectivity index (χ3n) is 13.6. The summed E-state index contributed by atoms with van der Waals surface area (Å²) in [7, 11) is 0. The number of allylic oxidation sites excluding steroid dienone is 2. The zero-order valence-corrected chi connectivity index (χ0v) is 35.8. The SMILES string of the molecule is C1=C[C@H]2c3ccccc3N(c3ccc(-c4c5ccccc5c(-c5ccccc5)c5ccccc45)cc3)C2C=C1c1cc(-c2ccccc2)cc2c1sc1ccc(-c3ccccc3)cc12. The van der Waals surface area contributed by atoms with Crippen molar-refractivity contribution in [3.63, 3.8) is 0 Å². The molecule has 0 radical (unpaired) electrons. The molecule has 300 valence electrons. The summed E-state index contributed by atoms with van der Waals surface area (Å²) >= 11 is 1.91. The monoisotopic (exact) mass is 831 g/mol. The van der Waals surface area contributed by atoms with Crippen LogP contribution in [0.4, 0.5) is 11.4 Å². The van der Waals surface area contributed by atoms with Crippen molar-refractivity contribution in [2.75, 3.05) is 4.90 Å². The second kappa shape index (κ2) is 14.9. The standard InChI is InChI=1S/C62H41NS/c1-4-16-40(17-5-1)44-31-35-59-55(36-44)56-38-46(41-18-6-2-7-19-41)37-54(62(56)64-59)45-30-34-49-48-22-14-15-27-57(48)63(58(49)39-45)47-32-28-43(29-33-47)61-52-25-12-10-23-50(52)60(42-20-8-3-9-21-42)51-24-11-13-26-53(51)61/h1-39,49,58H/t49-,58?/m0/s1. The van der Waals surface area contributed by atoms with E-state index in [9.17, 15) is 0 Å². The lowest BCUT2D eigenvalue weighted by Crippen LogP contribution is -2.29. The van der Waals surface area contributed by atoms with Crippen LogP contribution >= 0.6 is 11.3 Å². The number of hydrogen-bond acceptors (Lipinski definition) is 2. The molecule has 1 aliphatic heterocycles. The van der Waals surface area contributed by atoms with Crippen LogP contribution in [0.1, 0.15) is 17.0 Å². The van der Waals surface area contributed by atoms with Crippen LogP contribution in [0.25, 0.3) is 91.8 Å². The molecule has 0 spiro atoms. The molecule has 11 aromatic rings. The highest BCUT2D eigenvalue weighted by Crippen LogP contribution is 2.51. The summed E-state index contributed by atoms with van der Waals surface area (Å²) in [6, 6.07) is 80.6. The number of hydrogen-bond donors (Lipinski definition) is 0. The van der Waals surface area contributed by atoms with Gasteiger partial charge in [0.25, 0.3) is 0 Å². The fraction of sp³-hybridized carbons (Fsp3) is 0.0323. The predicted molar refractivity (Wildman–Crippen MR) is 275 cm³/mol. The number of benzene rings is 10. The van der Waals surface area contributed by atoms with E-state index in [1.807, 2.05) is 11.3 Å². The molecule has 0 N–H and O–H groups in total. The van der Waals surface area contributed by atoms with Crippen LogP contribution in [0.3, 0.4) is 0 Å². The first-order chi connectivity index (χ1) is 31.7. The van der Waals surface area contributed by atoms with E-state index in [0.29, 0.717) is 0 Å². The van der Waals surface area contributed by atoms with Crippen molar-refractivity contribution in [1.82, 2.24) is 0 Å². The van der Waals surface area contributed by atoms with E-state index in [0.717, 1.165) is 0 Å². The maximum absolute atomic E-state index is 2.58. The van der Waals surface area contributed by atoms with Gasteiger partial charge in [0.1, 0.15) is 0 Å². The summed E-state index contributed by atoms with van der Waals surface area (Å²) in [4.78, 5) is 2.58. The smallest absolute Gasteiger partial charge is 0.0635 e. The van der Waals surface area contributed by atoms with Crippen LogP contribution in [0.2, 0.25) is 0 Å². The average Bonchev–Trinajstić information content (AvgIpc) is 3.91. The highest BCUT2D eigenvalue weighted by atomic mass is 32.1. The third-order valence-corrected chi connectivity index (χ3v) is 14.8. The van der Waals surface area contributed by atoms with Crippen LogP contribution in [-0.4, -0.2) is 6.04 Å². The van der Waals surface area contributed by atoms with Gasteiger partial charge >= 0.3 is 0 Å². The Balaban J connectivity index is 0.948. The predicted octanol–water partition coefficient (Wildman–Crippen LogP) is 17.3. The molecule has 2 heteroatoms. The van der Waals surface area contributed by atoms with Crippen molar-refractivity contribution < 1.29 is 0 Å². The van der Waals surface area contributed by atoms with Gasteiger partial charge in [-0.25, -0.2) is 0 Å². The minimum Gasteiger partial charge on any atom is -0.333 e. The molecule has 2 heterocycles. The minimum atomic E-state index is 0.115. The van der Waals surface area contributed by atoms with Gasteiger partial charge in [-0.05, 0) is 125 Å². The summed E-state index contributed by atoms with van der Waals surface area (Å²) in [6.07, 6.45) is 7.40. The van der Waals surface area contributed by atoms with E-state index in [4.69, 9.17) is 0 Å². The molecule has 2 atom stereocenters. The largest absolute Gasteiger partial charge is 0.333 e. The van der Waals surface area contributed by atoms with E-state index in [1.54, 1.807) is 0 Å². The van der Waals surface area contributed by atoms with Crippen LogP contribution < -0.4 is 4.90 Å². The van der Waals surface area contributed by atoms with Crippen LogP contribution in [0, 0.1) is 0 Å². The van der Waals surface area contributed by atoms with Crippen molar-refractivity contribution >= 4 is 70.0 Å². The lowest BCUT2D eigenvalue weighted by atomic mass is 9.85. The van der Waals surface area contributed by atoms with E-state index >= 15 is 0 Å². The average molecular weight is 832 g/mol. The second-order valence-corrected chi connectivity index (χ2v) is 18.2. The molecule has 2 aliphatic rings. The van der Waals surface area contributed by atoms with Crippen molar-refractivity contribution in [2.45, 2.75) is 12.0 Å². The minimum absolute atomic E-state index is 0.115. The Morgan fingerprint density at radius 3 is 1.55 bits per heavy atom. The van der Waals surface area contributed by atoms with Crippen molar-refractivity contribution in [2.24, 2.45) is 0 Å². The van der Waals surface area contributed by atoms with E-state index in [1.165, 1.54) is 114 Å². The summed E-state index contributed by atoms with van der Waals surface area (Å²) in [5.74, 6) is 0.238. The number of anilines is 2. The first kappa shape index (κ1) is 36.8. The molecular weight excluding hydrogens is 791 g/mol. The van der Waals surface area contributed by atoms with Crippen LogP contribution in [0.5, 0.6) is 0 Å². The lowest BCUT2D eigenvalue weighted by Gasteiger charge is -2.30. The van der Waals surface area contributed by atoms with Crippen LogP contribution in [-0.2, 0) is 0 Å². The van der Waals surface area contributed by atoms with Gasteiger partial charge in [-0.15, -0.1) is 11.3 Å². The van der Waals surface area contributed by atoms with Crippen molar-refractivity contribution in [3.8, 4) is 44.5 Å². The van der Waals surface area contributed by atoms with Gasteiger partial charge in [-0.3, -0.25) is 0 Å². The fourth-order valence-corrected chi connectivity index (χ4v) is 11.9. The highest BCUT2D eigenvalue weighted by molar-refractivity contribution is 7.26. The number of para-hydroxylation sites is 1. The molecule has 13 rings (SSSR count). The Hall–Kier alpha value is -7.78. The molecule has 1 unspecified atom stereocenters. The van der Waals surface area contributed by atoms with Gasteiger partial charge in [0, 0.05) is 37.5 Å². The first-order valence-corrected chi connectivity index (χ1v) is 23.1. The molecule has 0 saturated carbocycles. The Bertz CT molecular complexity index is 3600. The Morgan fingerprint density at radius 1 is 0.391 bits per heavy atom. The maximum Gasteiger partial charge on any atom is 0.0635 e. The second-order valence-electron chi connectivity index (χ2n) is 17.1.